The summed E-state index contributed by atoms with van der Waals surface area (Å²) in [5.41, 5.74) is 0. The summed E-state index contributed by atoms with van der Waals surface area (Å²) in [5, 5.41) is 20.2. The average Bonchev–Trinajstić information content (AvgIpc) is 2.32. The van der Waals surface area contributed by atoms with Crippen molar-refractivity contribution in [2.24, 2.45) is 0 Å². The summed E-state index contributed by atoms with van der Waals surface area (Å²) in [6, 6.07) is 0. The van der Waals surface area contributed by atoms with Gasteiger partial charge in [0, 0.05) is 26.0 Å². The number of nitrogens with one attached hydrogen (secondary N) is 1. The Labute approximate surface area is 107 Å². The third kappa shape index (κ3) is 11.5. The fraction of sp³-hybridized carbons (Fsp3) is 0.833. The van der Waals surface area contributed by atoms with Crippen molar-refractivity contribution in [3.8, 4) is 0 Å². The molecule has 106 valence electrons. The molecule has 3 N–H and O–H groups in total. The quantitative estimate of drug-likeness (QED) is 0.441. The third-order valence-corrected chi connectivity index (χ3v) is 2.24. The van der Waals surface area contributed by atoms with E-state index < -0.39 is 6.10 Å². The van der Waals surface area contributed by atoms with Crippen molar-refractivity contribution >= 4 is 11.7 Å². The Balaban J connectivity index is 3.27. The molecule has 1 unspecified atom stereocenters. The van der Waals surface area contributed by atoms with Gasteiger partial charge in [0.25, 0.3) is 0 Å². The molecule has 0 aromatic carbocycles. The maximum atomic E-state index is 11.3. The second-order valence-electron chi connectivity index (χ2n) is 4.17. The van der Waals surface area contributed by atoms with Crippen LogP contribution in [0.15, 0.2) is 0 Å². The molecule has 1 amide bonds. The largest absolute Gasteiger partial charge is 0.394 e. The van der Waals surface area contributed by atoms with Crippen LogP contribution in [0.3, 0.4) is 0 Å². The number of hydrogen-bond acceptors (Lipinski definition) is 5. The highest BCUT2D eigenvalue weighted by atomic mass is 16.5. The molecule has 0 fully saturated rings. The van der Waals surface area contributed by atoms with Gasteiger partial charge < -0.3 is 25.1 Å². The Hall–Kier alpha value is -0.980. The molecule has 6 heteroatoms. The molecule has 0 radical (unpaired) electrons. The van der Waals surface area contributed by atoms with Gasteiger partial charge in [0.2, 0.25) is 5.91 Å². The first-order valence-corrected chi connectivity index (χ1v) is 6.19. The van der Waals surface area contributed by atoms with Crippen LogP contribution in [-0.2, 0) is 14.3 Å². The van der Waals surface area contributed by atoms with Gasteiger partial charge in [-0.3, -0.25) is 4.79 Å². The smallest absolute Gasteiger partial charge is 0.220 e. The highest BCUT2D eigenvalue weighted by Gasteiger charge is 2.03. The van der Waals surface area contributed by atoms with Crippen LogP contribution in [0.2, 0.25) is 0 Å². The Morgan fingerprint density at radius 2 is 2.00 bits per heavy atom. The van der Waals surface area contributed by atoms with Gasteiger partial charge in [0.1, 0.15) is 11.9 Å². The molecule has 0 saturated carbocycles. The number of aliphatic hydroxyl groups excluding tert-OH is 2. The van der Waals surface area contributed by atoms with E-state index in [4.69, 9.17) is 14.9 Å². The van der Waals surface area contributed by atoms with Gasteiger partial charge in [-0.1, -0.05) is 0 Å². The predicted octanol–water partition coefficient (Wildman–Crippen LogP) is -0.378. The molecule has 0 aromatic rings. The summed E-state index contributed by atoms with van der Waals surface area (Å²) >= 11 is 0. The van der Waals surface area contributed by atoms with Crippen molar-refractivity contribution in [2.45, 2.75) is 38.7 Å². The first-order chi connectivity index (χ1) is 8.56. The molecule has 1 atom stereocenters. The standard InChI is InChI=1S/C12H23NO5/c1-10(15)4-2-5-12(17)13-6-3-7-18-9-11(16)8-14/h11,14,16H,2-9H2,1H3,(H,13,17). The molecule has 0 spiro atoms. The first-order valence-electron chi connectivity index (χ1n) is 6.19. The fourth-order valence-electron chi connectivity index (χ4n) is 1.26. The van der Waals surface area contributed by atoms with Gasteiger partial charge in [-0.05, 0) is 19.8 Å². The minimum absolute atomic E-state index is 0.0633. The number of ether oxygens (including phenoxy) is 1. The monoisotopic (exact) mass is 261 g/mol. The van der Waals surface area contributed by atoms with E-state index in [0.29, 0.717) is 38.8 Å². The minimum Gasteiger partial charge on any atom is -0.394 e. The Bertz CT molecular complexity index is 245. The molecule has 18 heavy (non-hydrogen) atoms. The van der Waals surface area contributed by atoms with Gasteiger partial charge in [-0.25, -0.2) is 0 Å². The van der Waals surface area contributed by atoms with Crippen molar-refractivity contribution in [3.05, 3.63) is 0 Å². The van der Waals surface area contributed by atoms with Crippen molar-refractivity contribution in [1.29, 1.82) is 0 Å². The fourth-order valence-corrected chi connectivity index (χ4v) is 1.26. The van der Waals surface area contributed by atoms with Crippen LogP contribution in [0.1, 0.15) is 32.6 Å². The second kappa shape index (κ2) is 11.1. The van der Waals surface area contributed by atoms with E-state index in [9.17, 15) is 9.59 Å². The molecular weight excluding hydrogens is 238 g/mol. The summed E-state index contributed by atoms with van der Waals surface area (Å²) in [5.74, 6) is 0.0327. The van der Waals surface area contributed by atoms with Gasteiger partial charge in [-0.15, -0.1) is 0 Å². The van der Waals surface area contributed by atoms with E-state index >= 15 is 0 Å². The van der Waals surface area contributed by atoms with Gasteiger partial charge in [-0.2, -0.15) is 0 Å². The lowest BCUT2D eigenvalue weighted by Gasteiger charge is -2.08. The molecule has 0 aliphatic rings. The molecule has 0 heterocycles. The van der Waals surface area contributed by atoms with E-state index in [1.165, 1.54) is 6.92 Å². The van der Waals surface area contributed by atoms with Gasteiger partial charge in [0.05, 0.1) is 13.2 Å². The summed E-state index contributed by atoms with van der Waals surface area (Å²) in [6.07, 6.45) is 1.20. The molecule has 0 rings (SSSR count). The van der Waals surface area contributed by atoms with Gasteiger partial charge >= 0.3 is 0 Å². The average molecular weight is 261 g/mol. The lowest BCUT2D eigenvalue weighted by atomic mass is 10.2. The molecule has 6 nitrogen and oxygen atoms in total. The SMILES string of the molecule is CC(=O)CCCC(=O)NCCCOCC(O)CO. The predicted molar refractivity (Wildman–Crippen MR) is 66.1 cm³/mol. The number of carbonyl (C=O) groups excluding carboxylic acids is 2. The molecule has 0 aliphatic heterocycles. The maximum absolute atomic E-state index is 11.3. The van der Waals surface area contributed by atoms with Crippen LogP contribution < -0.4 is 5.32 Å². The van der Waals surface area contributed by atoms with Crippen molar-refractivity contribution in [2.75, 3.05) is 26.4 Å². The van der Waals surface area contributed by atoms with Crippen molar-refractivity contribution < 1.29 is 24.5 Å². The minimum atomic E-state index is -0.842. The van der Waals surface area contributed by atoms with Crippen molar-refractivity contribution in [1.82, 2.24) is 5.32 Å². The van der Waals surface area contributed by atoms with E-state index in [1.807, 2.05) is 0 Å². The molecule has 0 aromatic heterocycles. The highest BCUT2D eigenvalue weighted by molar-refractivity contribution is 5.78. The topological polar surface area (TPSA) is 95.9 Å². The summed E-state index contributed by atoms with van der Waals surface area (Å²) in [6.45, 7) is 2.23. The normalized spacial score (nSPS) is 12.2. The van der Waals surface area contributed by atoms with E-state index in [-0.39, 0.29) is 24.9 Å². The van der Waals surface area contributed by atoms with Crippen LogP contribution in [0.4, 0.5) is 0 Å². The second-order valence-corrected chi connectivity index (χ2v) is 4.17. The van der Waals surface area contributed by atoms with Gasteiger partial charge in [0.15, 0.2) is 0 Å². The van der Waals surface area contributed by atoms with Crippen LogP contribution in [-0.4, -0.2) is 54.4 Å². The third-order valence-electron chi connectivity index (χ3n) is 2.24. The number of ketones is 1. The van der Waals surface area contributed by atoms with E-state index in [1.54, 1.807) is 0 Å². The number of aliphatic hydroxyl groups is 2. The zero-order valence-electron chi connectivity index (χ0n) is 10.9. The van der Waals surface area contributed by atoms with Crippen LogP contribution in [0.5, 0.6) is 0 Å². The number of rotatable bonds is 11. The van der Waals surface area contributed by atoms with Crippen LogP contribution >= 0.6 is 0 Å². The summed E-state index contributed by atoms with van der Waals surface area (Å²) in [4.78, 5) is 21.9. The maximum Gasteiger partial charge on any atom is 0.220 e. The van der Waals surface area contributed by atoms with Crippen LogP contribution in [0, 0.1) is 0 Å². The lowest BCUT2D eigenvalue weighted by Crippen LogP contribution is -2.26. The van der Waals surface area contributed by atoms with E-state index in [2.05, 4.69) is 5.32 Å². The zero-order valence-corrected chi connectivity index (χ0v) is 10.9. The number of amides is 1. The molecular formula is C12H23NO5. The molecule has 0 aliphatic carbocycles. The lowest BCUT2D eigenvalue weighted by molar-refractivity contribution is -0.121. The van der Waals surface area contributed by atoms with Crippen molar-refractivity contribution in [3.63, 3.8) is 0 Å². The van der Waals surface area contributed by atoms with Crippen LogP contribution in [0.25, 0.3) is 0 Å². The number of carbonyl (C=O) groups is 2. The molecule has 0 bridgehead atoms. The Morgan fingerprint density at radius 1 is 1.28 bits per heavy atom. The summed E-state index contributed by atoms with van der Waals surface area (Å²) < 4.78 is 5.07. The first kappa shape index (κ1) is 17.0. The summed E-state index contributed by atoms with van der Waals surface area (Å²) in [7, 11) is 0. The molecule has 0 saturated heterocycles. The van der Waals surface area contributed by atoms with E-state index in [0.717, 1.165) is 0 Å². The number of hydrogen-bond donors (Lipinski definition) is 3. The Kier molecular flexibility index (Phi) is 10.5. The highest BCUT2D eigenvalue weighted by Crippen LogP contribution is 1.96. The number of Topliss-reactive ketones (excluding diaryl/α,β-unsaturated/α-hetero) is 1. The Morgan fingerprint density at radius 3 is 2.61 bits per heavy atom. The zero-order chi connectivity index (χ0) is 13.8.